The maximum Gasteiger partial charge on any atom is 0.160 e. The van der Waals surface area contributed by atoms with Crippen molar-refractivity contribution in [3.8, 4) is 67.7 Å². The van der Waals surface area contributed by atoms with Gasteiger partial charge in [-0.25, -0.2) is 9.97 Å². The molecule has 0 saturated carbocycles. The van der Waals surface area contributed by atoms with Crippen molar-refractivity contribution >= 4 is 0 Å². The van der Waals surface area contributed by atoms with Crippen LogP contribution < -0.4 is 4.74 Å². The van der Waals surface area contributed by atoms with E-state index in [1.165, 1.54) is 11.1 Å². The van der Waals surface area contributed by atoms with Gasteiger partial charge in [-0.1, -0.05) is 194 Å². The van der Waals surface area contributed by atoms with Crippen LogP contribution in [0.25, 0.3) is 56.2 Å². The molecule has 2 heterocycles. The zero-order valence-corrected chi connectivity index (χ0v) is 30.6. The lowest BCUT2D eigenvalue weighted by molar-refractivity contribution is 0.434. The minimum atomic E-state index is -0.650. The third-order valence-corrected chi connectivity index (χ3v) is 10.9. The zero-order chi connectivity index (χ0) is 37.3. The van der Waals surface area contributed by atoms with E-state index in [0.717, 1.165) is 73.0 Å². The molecule has 0 bridgehead atoms. The van der Waals surface area contributed by atoms with Crippen molar-refractivity contribution in [1.29, 1.82) is 0 Å². The summed E-state index contributed by atoms with van der Waals surface area (Å²) in [5.74, 6) is 2.40. The van der Waals surface area contributed by atoms with E-state index < -0.39 is 5.41 Å². The molecule has 3 heteroatoms. The summed E-state index contributed by atoms with van der Waals surface area (Å²) in [6, 6.07) is 76.8. The Labute approximate surface area is 327 Å². The van der Waals surface area contributed by atoms with E-state index in [2.05, 4.69) is 200 Å². The first-order valence-corrected chi connectivity index (χ1v) is 19.0. The van der Waals surface area contributed by atoms with Gasteiger partial charge in [0.25, 0.3) is 0 Å². The zero-order valence-electron chi connectivity index (χ0n) is 30.6. The molecule has 0 N–H and O–H groups in total. The highest BCUT2D eigenvalue weighted by atomic mass is 16.5. The quantitative estimate of drug-likeness (QED) is 0.165. The van der Waals surface area contributed by atoms with E-state index in [-0.39, 0.29) is 0 Å². The summed E-state index contributed by atoms with van der Waals surface area (Å²) in [5.41, 5.74) is 13.2. The molecule has 3 nitrogen and oxygen atoms in total. The fourth-order valence-electron chi connectivity index (χ4n) is 8.37. The van der Waals surface area contributed by atoms with Crippen LogP contribution in [0.4, 0.5) is 0 Å². The molecule has 0 atom stereocenters. The topological polar surface area (TPSA) is 35.0 Å². The molecule has 0 unspecified atom stereocenters. The number of aromatic nitrogens is 2. The molecule has 56 heavy (non-hydrogen) atoms. The van der Waals surface area contributed by atoms with Gasteiger partial charge < -0.3 is 4.74 Å². The van der Waals surface area contributed by atoms with Gasteiger partial charge in [0, 0.05) is 27.8 Å². The molecular formula is C53H36N2O. The average Bonchev–Trinajstić information content (AvgIpc) is 3.29. The third-order valence-electron chi connectivity index (χ3n) is 10.9. The second-order valence-corrected chi connectivity index (χ2v) is 14.1. The van der Waals surface area contributed by atoms with Gasteiger partial charge in [-0.2, -0.15) is 0 Å². The van der Waals surface area contributed by atoms with Crippen LogP contribution in [-0.4, -0.2) is 9.97 Å². The summed E-state index contributed by atoms with van der Waals surface area (Å²) >= 11 is 0. The normalized spacial score (nSPS) is 12.6. The molecule has 0 saturated heterocycles. The molecule has 1 aliphatic heterocycles. The van der Waals surface area contributed by atoms with Gasteiger partial charge in [0.15, 0.2) is 5.82 Å². The van der Waals surface area contributed by atoms with Crippen LogP contribution in [0.5, 0.6) is 11.5 Å². The summed E-state index contributed by atoms with van der Waals surface area (Å²) in [7, 11) is 0. The first kappa shape index (κ1) is 33.2. The average molecular weight is 717 g/mol. The van der Waals surface area contributed by atoms with Crippen LogP contribution in [0.3, 0.4) is 0 Å². The first-order valence-electron chi connectivity index (χ1n) is 19.0. The van der Waals surface area contributed by atoms with Crippen LogP contribution >= 0.6 is 0 Å². The van der Waals surface area contributed by atoms with Crippen LogP contribution in [0.2, 0.25) is 0 Å². The number of fused-ring (bicyclic) bond motifs is 2. The maximum absolute atomic E-state index is 6.62. The van der Waals surface area contributed by atoms with E-state index in [0.29, 0.717) is 5.82 Å². The second kappa shape index (κ2) is 14.1. The summed E-state index contributed by atoms with van der Waals surface area (Å²) in [4.78, 5) is 10.4. The Kier molecular flexibility index (Phi) is 8.38. The standard InChI is InChI=1S/C53H36N2O/c1-4-19-37(20-5-1)42-27-10-11-29-44(42)49-36-48(54-52(55-49)38-21-6-2-7-22-38)40-24-18-23-39(35-40)43-28-12-13-30-45(43)53(41-25-8-3-9-26-41)46-31-14-16-33-50(46)56-51-34-17-15-32-47(51)53/h1-36H. The highest BCUT2D eigenvalue weighted by molar-refractivity contribution is 5.85. The molecular weight excluding hydrogens is 681 g/mol. The summed E-state index contributed by atoms with van der Waals surface area (Å²) < 4.78 is 6.62. The predicted octanol–water partition coefficient (Wildman–Crippen LogP) is 13.3. The Balaban J connectivity index is 1.19. The highest BCUT2D eigenvalue weighted by Gasteiger charge is 2.46. The van der Waals surface area contributed by atoms with Crippen molar-refractivity contribution in [2.75, 3.05) is 0 Å². The van der Waals surface area contributed by atoms with Crippen LogP contribution in [-0.2, 0) is 5.41 Å². The van der Waals surface area contributed by atoms with E-state index >= 15 is 0 Å². The van der Waals surface area contributed by atoms with Crippen molar-refractivity contribution in [1.82, 2.24) is 9.97 Å². The molecule has 264 valence electrons. The Morgan fingerprint density at radius 2 is 0.804 bits per heavy atom. The molecule has 1 aromatic heterocycles. The molecule has 8 aromatic carbocycles. The van der Waals surface area contributed by atoms with Gasteiger partial charge in [0.05, 0.1) is 16.8 Å². The lowest BCUT2D eigenvalue weighted by Crippen LogP contribution is -2.34. The molecule has 10 rings (SSSR count). The molecule has 1 aliphatic rings. The second-order valence-electron chi connectivity index (χ2n) is 14.1. The van der Waals surface area contributed by atoms with E-state index in [4.69, 9.17) is 14.7 Å². The van der Waals surface area contributed by atoms with Crippen LogP contribution in [0.1, 0.15) is 22.3 Å². The Morgan fingerprint density at radius 1 is 0.321 bits per heavy atom. The monoisotopic (exact) mass is 716 g/mol. The largest absolute Gasteiger partial charge is 0.457 e. The van der Waals surface area contributed by atoms with Crippen molar-refractivity contribution < 1.29 is 4.74 Å². The fraction of sp³-hybridized carbons (Fsp3) is 0.0189. The Bertz CT molecular complexity index is 2790. The smallest absolute Gasteiger partial charge is 0.160 e. The number of hydrogen-bond acceptors (Lipinski definition) is 3. The van der Waals surface area contributed by atoms with Crippen molar-refractivity contribution in [2.24, 2.45) is 0 Å². The predicted molar refractivity (Wildman–Crippen MR) is 228 cm³/mol. The van der Waals surface area contributed by atoms with Gasteiger partial charge in [0.2, 0.25) is 0 Å². The number of hydrogen-bond donors (Lipinski definition) is 0. The van der Waals surface area contributed by atoms with Crippen molar-refractivity contribution in [3.05, 3.63) is 241 Å². The van der Waals surface area contributed by atoms with Gasteiger partial charge >= 0.3 is 0 Å². The van der Waals surface area contributed by atoms with Gasteiger partial charge in [0.1, 0.15) is 11.5 Å². The maximum atomic E-state index is 6.62. The van der Waals surface area contributed by atoms with E-state index in [1.54, 1.807) is 0 Å². The number of ether oxygens (including phenoxy) is 1. The first-order chi connectivity index (χ1) is 27.8. The van der Waals surface area contributed by atoms with Gasteiger partial charge in [-0.3, -0.25) is 0 Å². The highest BCUT2D eigenvalue weighted by Crippen LogP contribution is 2.56. The molecule has 0 fully saturated rings. The lowest BCUT2D eigenvalue weighted by atomic mass is 9.62. The molecule has 0 spiro atoms. The van der Waals surface area contributed by atoms with Crippen molar-refractivity contribution in [2.45, 2.75) is 5.41 Å². The molecule has 0 radical (unpaired) electrons. The summed E-state index contributed by atoms with van der Waals surface area (Å²) in [6.45, 7) is 0. The Hall–Kier alpha value is -7.36. The van der Waals surface area contributed by atoms with E-state index in [1.807, 2.05) is 18.2 Å². The van der Waals surface area contributed by atoms with Crippen LogP contribution in [0, 0.1) is 0 Å². The van der Waals surface area contributed by atoms with Gasteiger partial charge in [-0.05, 0) is 57.6 Å². The third kappa shape index (κ3) is 5.69. The fourth-order valence-corrected chi connectivity index (χ4v) is 8.37. The van der Waals surface area contributed by atoms with E-state index in [9.17, 15) is 0 Å². The molecule has 9 aromatic rings. The number of para-hydroxylation sites is 2. The minimum Gasteiger partial charge on any atom is -0.457 e. The van der Waals surface area contributed by atoms with Crippen molar-refractivity contribution in [3.63, 3.8) is 0 Å². The molecule has 0 amide bonds. The summed E-state index contributed by atoms with van der Waals surface area (Å²) in [6.07, 6.45) is 0. The number of benzene rings is 8. The number of nitrogens with zero attached hydrogens (tertiary/aromatic N) is 2. The van der Waals surface area contributed by atoms with Crippen LogP contribution in [0.15, 0.2) is 218 Å². The molecule has 0 aliphatic carbocycles. The van der Waals surface area contributed by atoms with Gasteiger partial charge in [-0.15, -0.1) is 0 Å². The number of rotatable bonds is 7. The Morgan fingerprint density at radius 3 is 1.48 bits per heavy atom. The minimum absolute atomic E-state index is 0.650. The lowest BCUT2D eigenvalue weighted by Gasteiger charge is -2.42. The summed E-state index contributed by atoms with van der Waals surface area (Å²) in [5, 5.41) is 0. The SMILES string of the molecule is c1ccc(-c2nc(-c3cccc(-c4ccccc4C4(c5ccccc5)c5ccccc5Oc5ccccc54)c3)cc(-c3ccccc3-c3ccccc3)n2)cc1.